The molecule has 1 saturated carbocycles. The smallest absolute Gasteiger partial charge is 0.341 e. The molecule has 0 amide bonds. The van der Waals surface area contributed by atoms with Crippen molar-refractivity contribution in [3.63, 3.8) is 0 Å². The number of esters is 1. The molecule has 0 bridgehead atoms. The number of anilines is 1. The Balaban J connectivity index is 2.22. The molecule has 1 fully saturated rings. The van der Waals surface area contributed by atoms with Gasteiger partial charge in [-0.15, -0.1) is 11.3 Å². The van der Waals surface area contributed by atoms with E-state index in [1.807, 2.05) is 6.92 Å². The second-order valence-corrected chi connectivity index (χ2v) is 5.20. The molecule has 1 aliphatic rings. The second kappa shape index (κ2) is 5.54. The molecular formula is C13H19NO2S. The molecule has 94 valence electrons. The molecule has 3 nitrogen and oxygen atoms in total. The molecule has 1 aromatic rings. The van der Waals surface area contributed by atoms with Crippen molar-refractivity contribution in [2.75, 3.05) is 18.5 Å². The summed E-state index contributed by atoms with van der Waals surface area (Å²) in [7, 11) is 0. The molecule has 1 N–H and O–H groups in total. The molecule has 0 spiro atoms. The average Bonchev–Trinajstić information content (AvgIpc) is 3.07. The summed E-state index contributed by atoms with van der Waals surface area (Å²) >= 11 is 1.63. The van der Waals surface area contributed by atoms with E-state index in [0.29, 0.717) is 12.5 Å². The van der Waals surface area contributed by atoms with Crippen molar-refractivity contribution in [3.05, 3.63) is 16.5 Å². The van der Waals surface area contributed by atoms with Crippen LogP contribution in [-0.2, 0) is 4.74 Å². The van der Waals surface area contributed by atoms with Crippen LogP contribution in [0, 0.1) is 0 Å². The van der Waals surface area contributed by atoms with Gasteiger partial charge in [0, 0.05) is 6.54 Å². The molecule has 0 unspecified atom stereocenters. The fourth-order valence-electron chi connectivity index (χ4n) is 1.85. The maximum atomic E-state index is 12.0. The summed E-state index contributed by atoms with van der Waals surface area (Å²) in [6, 6.07) is 0. The minimum absolute atomic E-state index is 0.172. The molecule has 2 rings (SSSR count). The van der Waals surface area contributed by atoms with Gasteiger partial charge in [0.2, 0.25) is 0 Å². The van der Waals surface area contributed by atoms with Crippen molar-refractivity contribution in [1.29, 1.82) is 0 Å². The lowest BCUT2D eigenvalue weighted by molar-refractivity contribution is 0.0527. The Morgan fingerprint density at radius 2 is 2.29 bits per heavy atom. The van der Waals surface area contributed by atoms with Gasteiger partial charge in [0.15, 0.2) is 0 Å². The van der Waals surface area contributed by atoms with Crippen LogP contribution in [0.15, 0.2) is 5.38 Å². The Kier molecular flexibility index (Phi) is 4.05. The zero-order valence-electron chi connectivity index (χ0n) is 10.4. The van der Waals surface area contributed by atoms with Crippen LogP contribution >= 0.6 is 11.3 Å². The van der Waals surface area contributed by atoms with E-state index in [1.54, 1.807) is 11.3 Å². The molecule has 17 heavy (non-hydrogen) atoms. The lowest BCUT2D eigenvalue weighted by atomic mass is 10.1. The number of nitrogens with one attached hydrogen (secondary N) is 1. The molecule has 0 saturated heterocycles. The summed E-state index contributed by atoms with van der Waals surface area (Å²) in [5, 5.41) is 6.41. The maximum Gasteiger partial charge on any atom is 0.341 e. The number of hydrogen-bond donors (Lipinski definition) is 1. The van der Waals surface area contributed by atoms with E-state index < -0.39 is 0 Å². The van der Waals surface area contributed by atoms with Crippen LogP contribution in [0.25, 0.3) is 0 Å². The van der Waals surface area contributed by atoms with Crippen LogP contribution in [0.3, 0.4) is 0 Å². The Labute approximate surface area is 106 Å². The quantitative estimate of drug-likeness (QED) is 0.787. The lowest BCUT2D eigenvalue weighted by Gasteiger charge is -2.07. The summed E-state index contributed by atoms with van der Waals surface area (Å²) in [6.07, 6.45) is 3.46. The standard InChI is InChI=1S/C13H19NO2S/c1-3-7-14-12-11(13(15)16-4-2)10(8-17-12)9-5-6-9/h8-9,14H,3-7H2,1-2H3. The van der Waals surface area contributed by atoms with Crippen molar-refractivity contribution in [2.24, 2.45) is 0 Å². The van der Waals surface area contributed by atoms with Crippen molar-refractivity contribution in [2.45, 2.75) is 39.0 Å². The lowest BCUT2D eigenvalue weighted by Crippen LogP contribution is -2.10. The summed E-state index contributed by atoms with van der Waals surface area (Å²) in [6.45, 7) is 5.30. The number of carbonyl (C=O) groups is 1. The number of thiophene rings is 1. The van der Waals surface area contributed by atoms with Gasteiger partial charge in [0.1, 0.15) is 5.00 Å². The van der Waals surface area contributed by atoms with Gasteiger partial charge >= 0.3 is 5.97 Å². The van der Waals surface area contributed by atoms with E-state index in [9.17, 15) is 4.79 Å². The highest BCUT2D eigenvalue weighted by atomic mass is 32.1. The fourth-order valence-corrected chi connectivity index (χ4v) is 2.91. The maximum absolute atomic E-state index is 12.0. The summed E-state index contributed by atoms with van der Waals surface area (Å²) in [5.74, 6) is 0.414. The predicted octanol–water partition coefficient (Wildman–Crippen LogP) is 3.62. The van der Waals surface area contributed by atoms with Gasteiger partial charge in [-0.3, -0.25) is 0 Å². The summed E-state index contributed by atoms with van der Waals surface area (Å²) < 4.78 is 5.15. The molecule has 0 atom stereocenters. The van der Waals surface area contributed by atoms with Crippen LogP contribution < -0.4 is 5.32 Å². The van der Waals surface area contributed by atoms with Gasteiger partial charge in [-0.1, -0.05) is 6.92 Å². The van der Waals surface area contributed by atoms with Crippen LogP contribution in [0.2, 0.25) is 0 Å². The molecule has 0 aromatic carbocycles. The van der Waals surface area contributed by atoms with Crippen molar-refractivity contribution < 1.29 is 9.53 Å². The monoisotopic (exact) mass is 253 g/mol. The molecule has 0 radical (unpaired) electrons. The van der Waals surface area contributed by atoms with Gasteiger partial charge in [-0.05, 0) is 43.0 Å². The third-order valence-electron chi connectivity index (χ3n) is 2.85. The second-order valence-electron chi connectivity index (χ2n) is 4.32. The van der Waals surface area contributed by atoms with E-state index in [2.05, 4.69) is 17.6 Å². The van der Waals surface area contributed by atoms with E-state index in [4.69, 9.17) is 4.74 Å². The first kappa shape index (κ1) is 12.4. The van der Waals surface area contributed by atoms with E-state index >= 15 is 0 Å². The topological polar surface area (TPSA) is 38.3 Å². The van der Waals surface area contributed by atoms with Crippen LogP contribution in [-0.4, -0.2) is 19.1 Å². The van der Waals surface area contributed by atoms with Crippen LogP contribution in [0.4, 0.5) is 5.00 Å². The SMILES string of the molecule is CCCNc1scc(C2CC2)c1C(=O)OCC. The van der Waals surface area contributed by atoms with Gasteiger partial charge < -0.3 is 10.1 Å². The first-order chi connectivity index (χ1) is 8.27. The molecular weight excluding hydrogens is 234 g/mol. The minimum atomic E-state index is -0.172. The normalized spacial score (nSPS) is 14.7. The zero-order valence-corrected chi connectivity index (χ0v) is 11.2. The third kappa shape index (κ3) is 2.80. The highest BCUT2D eigenvalue weighted by Gasteiger charge is 2.31. The summed E-state index contributed by atoms with van der Waals surface area (Å²) in [5.41, 5.74) is 1.97. The zero-order chi connectivity index (χ0) is 12.3. The first-order valence-electron chi connectivity index (χ1n) is 6.30. The largest absolute Gasteiger partial charge is 0.462 e. The predicted molar refractivity (Wildman–Crippen MR) is 71.0 cm³/mol. The number of rotatable bonds is 6. The third-order valence-corrected chi connectivity index (χ3v) is 3.81. The molecule has 0 aliphatic heterocycles. The number of hydrogen-bond acceptors (Lipinski definition) is 4. The molecule has 1 aliphatic carbocycles. The van der Waals surface area contributed by atoms with Crippen molar-refractivity contribution in [1.82, 2.24) is 0 Å². The Hall–Kier alpha value is -1.03. The van der Waals surface area contributed by atoms with Gasteiger partial charge in [-0.25, -0.2) is 4.79 Å². The fraction of sp³-hybridized carbons (Fsp3) is 0.615. The van der Waals surface area contributed by atoms with E-state index in [-0.39, 0.29) is 5.97 Å². The molecule has 1 aromatic heterocycles. The molecule has 1 heterocycles. The highest BCUT2D eigenvalue weighted by molar-refractivity contribution is 7.14. The Morgan fingerprint density at radius 1 is 1.53 bits per heavy atom. The summed E-state index contributed by atoms with van der Waals surface area (Å²) in [4.78, 5) is 12.0. The Morgan fingerprint density at radius 3 is 2.88 bits per heavy atom. The van der Waals surface area contributed by atoms with Crippen LogP contribution in [0.5, 0.6) is 0 Å². The molecule has 4 heteroatoms. The number of carbonyl (C=O) groups excluding carboxylic acids is 1. The van der Waals surface area contributed by atoms with E-state index in [1.165, 1.54) is 18.4 Å². The van der Waals surface area contributed by atoms with Gasteiger partial charge in [0.25, 0.3) is 0 Å². The van der Waals surface area contributed by atoms with Crippen molar-refractivity contribution in [3.8, 4) is 0 Å². The van der Waals surface area contributed by atoms with Crippen LogP contribution in [0.1, 0.15) is 54.9 Å². The van der Waals surface area contributed by atoms with Crippen molar-refractivity contribution >= 4 is 22.3 Å². The van der Waals surface area contributed by atoms with E-state index in [0.717, 1.165) is 23.5 Å². The van der Waals surface area contributed by atoms with Gasteiger partial charge in [-0.2, -0.15) is 0 Å². The Bertz CT molecular complexity index is 396. The van der Waals surface area contributed by atoms with Gasteiger partial charge in [0.05, 0.1) is 12.2 Å². The minimum Gasteiger partial charge on any atom is -0.462 e. The number of ether oxygens (including phenoxy) is 1. The highest BCUT2D eigenvalue weighted by Crippen LogP contribution is 2.46. The average molecular weight is 253 g/mol. The first-order valence-corrected chi connectivity index (χ1v) is 7.18.